The van der Waals surface area contributed by atoms with Gasteiger partial charge in [0, 0.05) is 28.7 Å². The van der Waals surface area contributed by atoms with Crippen molar-refractivity contribution in [3.8, 4) is 0 Å². The Morgan fingerprint density at radius 3 is 2.94 bits per heavy atom. The molecule has 1 aromatic carbocycles. The van der Waals surface area contributed by atoms with E-state index in [1.807, 2.05) is 12.1 Å². The molecule has 0 spiro atoms. The van der Waals surface area contributed by atoms with Crippen LogP contribution in [0.3, 0.4) is 0 Å². The van der Waals surface area contributed by atoms with Gasteiger partial charge in [-0.1, -0.05) is 22.0 Å². The smallest absolute Gasteiger partial charge is 0.129 e. The average molecular weight is 315 g/mol. The van der Waals surface area contributed by atoms with Crippen LogP contribution in [0.15, 0.2) is 22.7 Å². The Kier molecular flexibility index (Phi) is 4.76. The SMILES string of the molecule is CC(c1ccc(Br)cc1F)N(C)CC1CCCN1. The van der Waals surface area contributed by atoms with Gasteiger partial charge >= 0.3 is 0 Å². The lowest BCUT2D eigenvalue weighted by molar-refractivity contribution is 0.234. The van der Waals surface area contributed by atoms with Crippen LogP contribution in [0, 0.1) is 5.82 Å². The Bertz CT molecular complexity index is 405. The van der Waals surface area contributed by atoms with E-state index in [2.05, 4.69) is 40.1 Å². The lowest BCUT2D eigenvalue weighted by Crippen LogP contribution is -2.36. The van der Waals surface area contributed by atoms with Crippen molar-refractivity contribution in [1.29, 1.82) is 0 Å². The maximum Gasteiger partial charge on any atom is 0.129 e. The monoisotopic (exact) mass is 314 g/mol. The normalized spacial score (nSPS) is 21.5. The Labute approximate surface area is 117 Å². The van der Waals surface area contributed by atoms with E-state index in [0.717, 1.165) is 23.1 Å². The second-order valence-electron chi connectivity index (χ2n) is 5.07. The third-order valence-electron chi connectivity index (χ3n) is 3.74. The van der Waals surface area contributed by atoms with Crippen LogP contribution in [0.5, 0.6) is 0 Å². The summed E-state index contributed by atoms with van der Waals surface area (Å²) in [5, 5.41) is 3.47. The zero-order chi connectivity index (χ0) is 13.1. The predicted octanol–water partition coefficient (Wildman–Crippen LogP) is 3.33. The molecule has 0 aliphatic carbocycles. The van der Waals surface area contributed by atoms with Crippen molar-refractivity contribution >= 4 is 15.9 Å². The van der Waals surface area contributed by atoms with E-state index in [1.54, 1.807) is 0 Å². The van der Waals surface area contributed by atoms with Gasteiger partial charge in [-0.15, -0.1) is 0 Å². The molecule has 1 aliphatic heterocycles. The zero-order valence-corrected chi connectivity index (χ0v) is 12.5. The summed E-state index contributed by atoms with van der Waals surface area (Å²) in [5.74, 6) is -0.136. The lowest BCUT2D eigenvalue weighted by Gasteiger charge is -2.28. The Balaban J connectivity index is 2.02. The largest absolute Gasteiger partial charge is 0.313 e. The van der Waals surface area contributed by atoms with Crippen molar-refractivity contribution in [1.82, 2.24) is 10.2 Å². The van der Waals surface area contributed by atoms with Gasteiger partial charge < -0.3 is 5.32 Å². The van der Waals surface area contributed by atoms with Crippen molar-refractivity contribution in [3.05, 3.63) is 34.1 Å². The third-order valence-corrected chi connectivity index (χ3v) is 4.24. The van der Waals surface area contributed by atoms with Crippen LogP contribution in [0.4, 0.5) is 4.39 Å². The fourth-order valence-corrected chi connectivity index (χ4v) is 2.83. The first-order valence-electron chi connectivity index (χ1n) is 6.46. The molecule has 1 fully saturated rings. The molecular formula is C14H20BrFN2. The zero-order valence-electron chi connectivity index (χ0n) is 10.9. The topological polar surface area (TPSA) is 15.3 Å². The molecule has 1 heterocycles. The van der Waals surface area contributed by atoms with Gasteiger partial charge in [-0.2, -0.15) is 0 Å². The Hall–Kier alpha value is -0.450. The molecule has 1 N–H and O–H groups in total. The summed E-state index contributed by atoms with van der Waals surface area (Å²) in [6.45, 7) is 4.14. The van der Waals surface area contributed by atoms with Crippen molar-refractivity contribution in [2.75, 3.05) is 20.1 Å². The first kappa shape index (κ1) is 14.0. The van der Waals surface area contributed by atoms with E-state index in [-0.39, 0.29) is 11.9 Å². The molecule has 1 saturated heterocycles. The maximum absolute atomic E-state index is 13.9. The number of nitrogens with one attached hydrogen (secondary N) is 1. The predicted molar refractivity (Wildman–Crippen MR) is 76.2 cm³/mol. The molecule has 2 unspecified atom stereocenters. The van der Waals surface area contributed by atoms with Crippen molar-refractivity contribution in [2.45, 2.75) is 31.8 Å². The minimum absolute atomic E-state index is 0.0977. The molecule has 0 amide bonds. The Morgan fingerprint density at radius 2 is 2.33 bits per heavy atom. The van der Waals surface area contributed by atoms with Crippen LogP contribution in [0.2, 0.25) is 0 Å². The van der Waals surface area contributed by atoms with E-state index >= 15 is 0 Å². The summed E-state index contributed by atoms with van der Waals surface area (Å²) < 4.78 is 14.7. The molecule has 0 saturated carbocycles. The van der Waals surface area contributed by atoms with E-state index in [0.29, 0.717) is 6.04 Å². The lowest BCUT2D eigenvalue weighted by atomic mass is 10.1. The molecule has 0 bridgehead atoms. The summed E-state index contributed by atoms with van der Waals surface area (Å²) in [7, 11) is 2.06. The molecule has 2 nitrogen and oxygen atoms in total. The number of halogens is 2. The number of hydrogen-bond acceptors (Lipinski definition) is 2. The highest BCUT2D eigenvalue weighted by Gasteiger charge is 2.21. The molecule has 2 atom stereocenters. The fourth-order valence-electron chi connectivity index (χ4n) is 2.50. The molecule has 2 rings (SSSR count). The minimum atomic E-state index is -0.136. The van der Waals surface area contributed by atoms with Gasteiger partial charge in [-0.25, -0.2) is 4.39 Å². The highest BCUT2D eigenvalue weighted by molar-refractivity contribution is 9.10. The van der Waals surface area contributed by atoms with Gasteiger partial charge in [0.05, 0.1) is 0 Å². The maximum atomic E-state index is 13.9. The highest BCUT2D eigenvalue weighted by Crippen LogP contribution is 2.25. The second kappa shape index (κ2) is 6.13. The van der Waals surface area contributed by atoms with E-state index in [4.69, 9.17) is 0 Å². The number of nitrogens with zero attached hydrogens (tertiary/aromatic N) is 1. The van der Waals surface area contributed by atoms with Gasteiger partial charge in [0.15, 0.2) is 0 Å². The highest BCUT2D eigenvalue weighted by atomic mass is 79.9. The second-order valence-corrected chi connectivity index (χ2v) is 5.99. The summed E-state index contributed by atoms with van der Waals surface area (Å²) in [4.78, 5) is 2.22. The first-order valence-corrected chi connectivity index (χ1v) is 7.26. The van der Waals surface area contributed by atoms with Crippen LogP contribution >= 0.6 is 15.9 Å². The molecule has 1 aliphatic rings. The molecule has 100 valence electrons. The van der Waals surface area contributed by atoms with Gasteiger partial charge in [0.2, 0.25) is 0 Å². The standard InChI is InChI=1S/C14H20BrFN2/c1-10(13-6-5-11(15)8-14(13)16)18(2)9-12-4-3-7-17-12/h5-6,8,10,12,17H,3-4,7,9H2,1-2H3. The van der Waals surface area contributed by atoms with Crippen LogP contribution in [-0.2, 0) is 0 Å². The summed E-state index contributed by atoms with van der Waals surface area (Å²) in [5.41, 5.74) is 0.763. The third kappa shape index (κ3) is 3.31. The fraction of sp³-hybridized carbons (Fsp3) is 0.571. The molecule has 4 heteroatoms. The van der Waals surface area contributed by atoms with E-state index in [9.17, 15) is 4.39 Å². The molecular weight excluding hydrogens is 295 g/mol. The van der Waals surface area contributed by atoms with Crippen LogP contribution in [0.25, 0.3) is 0 Å². The average Bonchev–Trinajstić information content (AvgIpc) is 2.81. The van der Waals surface area contributed by atoms with Gasteiger partial charge in [-0.3, -0.25) is 4.90 Å². The number of rotatable bonds is 4. The molecule has 0 radical (unpaired) electrons. The molecule has 1 aromatic rings. The van der Waals surface area contributed by atoms with Crippen molar-refractivity contribution in [2.24, 2.45) is 0 Å². The van der Waals surface area contributed by atoms with Crippen LogP contribution in [0.1, 0.15) is 31.4 Å². The van der Waals surface area contributed by atoms with E-state index < -0.39 is 0 Å². The van der Waals surface area contributed by atoms with Crippen molar-refractivity contribution < 1.29 is 4.39 Å². The van der Waals surface area contributed by atoms with Crippen LogP contribution in [-0.4, -0.2) is 31.1 Å². The quantitative estimate of drug-likeness (QED) is 0.917. The number of benzene rings is 1. The Morgan fingerprint density at radius 1 is 1.56 bits per heavy atom. The minimum Gasteiger partial charge on any atom is -0.313 e. The number of likely N-dealkylation sites (N-methyl/N-ethyl adjacent to an activating group) is 1. The number of hydrogen-bond donors (Lipinski definition) is 1. The van der Waals surface area contributed by atoms with E-state index in [1.165, 1.54) is 18.9 Å². The van der Waals surface area contributed by atoms with Gasteiger partial charge in [-0.05, 0) is 45.5 Å². The van der Waals surface area contributed by atoms with Gasteiger partial charge in [0.25, 0.3) is 0 Å². The van der Waals surface area contributed by atoms with Crippen molar-refractivity contribution in [3.63, 3.8) is 0 Å². The summed E-state index contributed by atoms with van der Waals surface area (Å²) in [6, 6.07) is 5.95. The summed E-state index contributed by atoms with van der Waals surface area (Å²) in [6.07, 6.45) is 2.47. The van der Waals surface area contributed by atoms with Crippen LogP contribution < -0.4 is 5.32 Å². The van der Waals surface area contributed by atoms with Gasteiger partial charge in [0.1, 0.15) is 5.82 Å². The molecule has 18 heavy (non-hydrogen) atoms. The molecule has 0 aromatic heterocycles. The summed E-state index contributed by atoms with van der Waals surface area (Å²) >= 11 is 3.29. The first-order chi connectivity index (χ1) is 8.58.